The van der Waals surface area contributed by atoms with Crippen molar-refractivity contribution in [3.05, 3.63) is 48.0 Å². The summed E-state index contributed by atoms with van der Waals surface area (Å²) in [6, 6.07) is 5.96. The normalized spacial score (nSPS) is 22.1. The summed E-state index contributed by atoms with van der Waals surface area (Å²) < 4.78 is 27.6. The van der Waals surface area contributed by atoms with E-state index in [1.165, 1.54) is 12.1 Å². The minimum atomic E-state index is -0.771. The van der Waals surface area contributed by atoms with Crippen LogP contribution in [0.3, 0.4) is 0 Å². The topological polar surface area (TPSA) is 63.1 Å². The molecule has 1 unspecified atom stereocenters. The Kier molecular flexibility index (Phi) is 8.18. The number of halogens is 1. The molecule has 0 radical (unpaired) electrons. The van der Waals surface area contributed by atoms with Crippen LogP contribution in [0.2, 0.25) is 0 Å². The second-order valence-corrected chi connectivity index (χ2v) is 9.46. The number of carbonyl (C=O) groups is 1. The zero-order valence-corrected chi connectivity index (χ0v) is 20.3. The largest absolute Gasteiger partial charge is 0.491 e. The third kappa shape index (κ3) is 6.55. The Labute approximate surface area is 201 Å². The zero-order chi connectivity index (χ0) is 24.0. The lowest BCUT2D eigenvalue weighted by Gasteiger charge is -2.43. The molecule has 2 fully saturated rings. The summed E-state index contributed by atoms with van der Waals surface area (Å²) in [7, 11) is 2.07. The first-order chi connectivity index (χ1) is 16.4. The van der Waals surface area contributed by atoms with Gasteiger partial charge in [-0.1, -0.05) is 6.92 Å². The van der Waals surface area contributed by atoms with Gasteiger partial charge in [-0.05, 0) is 37.7 Å². The minimum absolute atomic E-state index is 0.0911. The van der Waals surface area contributed by atoms with Gasteiger partial charge in [-0.2, -0.15) is 5.10 Å². The maximum atomic E-state index is 13.3. The van der Waals surface area contributed by atoms with Crippen LogP contribution >= 0.6 is 0 Å². The highest BCUT2D eigenvalue weighted by Crippen LogP contribution is 2.27. The smallest absolute Gasteiger partial charge is 0.225 e. The molecule has 2 aliphatic heterocycles. The molecule has 1 aromatic heterocycles. The van der Waals surface area contributed by atoms with Gasteiger partial charge in [0.05, 0.1) is 19.2 Å². The molecule has 34 heavy (non-hydrogen) atoms. The van der Waals surface area contributed by atoms with Gasteiger partial charge < -0.3 is 19.3 Å². The fourth-order valence-electron chi connectivity index (χ4n) is 4.59. The van der Waals surface area contributed by atoms with Crippen molar-refractivity contribution in [2.24, 2.45) is 0 Å². The molecule has 2 aromatic rings. The third-order valence-electron chi connectivity index (χ3n) is 6.52. The fourth-order valence-corrected chi connectivity index (χ4v) is 4.59. The molecule has 2 aliphatic rings. The molecule has 3 heterocycles. The molecule has 0 spiro atoms. The summed E-state index contributed by atoms with van der Waals surface area (Å²) in [6.45, 7) is 9.08. The van der Waals surface area contributed by atoms with E-state index in [0.717, 1.165) is 57.8 Å². The quantitative estimate of drug-likeness (QED) is 0.557. The van der Waals surface area contributed by atoms with Crippen molar-refractivity contribution in [1.82, 2.24) is 24.5 Å². The van der Waals surface area contributed by atoms with Gasteiger partial charge in [0, 0.05) is 64.1 Å². The lowest BCUT2D eigenvalue weighted by atomic mass is 9.96. The number of benzene rings is 1. The molecule has 8 nitrogen and oxygen atoms in total. The van der Waals surface area contributed by atoms with Crippen LogP contribution in [0.5, 0.6) is 5.75 Å². The molecule has 0 aliphatic carbocycles. The third-order valence-corrected chi connectivity index (χ3v) is 6.52. The minimum Gasteiger partial charge on any atom is -0.491 e. The fraction of sp³-hybridized carbons (Fsp3) is 0.600. The lowest BCUT2D eigenvalue weighted by Crippen LogP contribution is -2.58. The Morgan fingerprint density at radius 3 is 2.68 bits per heavy atom. The summed E-state index contributed by atoms with van der Waals surface area (Å²) in [5.74, 6) is 0.346. The van der Waals surface area contributed by atoms with E-state index in [1.807, 2.05) is 15.8 Å². The van der Waals surface area contributed by atoms with E-state index in [9.17, 15) is 9.18 Å². The molecule has 4 rings (SSSR count). The SMILES string of the molecule is CCCn1cc(CN2CCOC(COc3ccc(F)cc3)(CC(=O)N3CCN(C)CC3)C2)cn1. The van der Waals surface area contributed by atoms with E-state index in [-0.39, 0.29) is 24.8 Å². The Morgan fingerprint density at radius 2 is 1.94 bits per heavy atom. The first kappa shape index (κ1) is 24.6. The van der Waals surface area contributed by atoms with Crippen molar-refractivity contribution in [2.75, 3.05) is 59.5 Å². The molecule has 0 bridgehead atoms. The molecule has 2 saturated heterocycles. The molecule has 186 valence electrons. The summed E-state index contributed by atoms with van der Waals surface area (Å²) >= 11 is 0. The van der Waals surface area contributed by atoms with Gasteiger partial charge in [-0.15, -0.1) is 0 Å². The van der Waals surface area contributed by atoms with Crippen LogP contribution < -0.4 is 4.74 Å². The van der Waals surface area contributed by atoms with Crippen LogP contribution in [-0.2, 0) is 22.6 Å². The number of carbonyl (C=O) groups excluding carboxylic acids is 1. The van der Waals surface area contributed by atoms with Crippen LogP contribution in [0.25, 0.3) is 0 Å². The summed E-state index contributed by atoms with van der Waals surface area (Å²) in [5.41, 5.74) is 0.376. The number of nitrogens with zero attached hydrogens (tertiary/aromatic N) is 5. The highest BCUT2D eigenvalue weighted by molar-refractivity contribution is 5.77. The number of aryl methyl sites for hydroxylation is 1. The van der Waals surface area contributed by atoms with E-state index in [1.54, 1.807) is 12.1 Å². The van der Waals surface area contributed by atoms with Gasteiger partial charge in [0.1, 0.15) is 23.8 Å². The predicted molar refractivity (Wildman–Crippen MR) is 127 cm³/mol. The van der Waals surface area contributed by atoms with Crippen molar-refractivity contribution in [1.29, 1.82) is 0 Å². The van der Waals surface area contributed by atoms with Crippen molar-refractivity contribution in [2.45, 2.75) is 38.5 Å². The molecule has 1 atom stereocenters. The highest BCUT2D eigenvalue weighted by atomic mass is 19.1. The number of ether oxygens (including phenoxy) is 2. The molecular weight excluding hydrogens is 437 g/mol. The second kappa shape index (κ2) is 11.3. The number of rotatable bonds is 9. The zero-order valence-electron chi connectivity index (χ0n) is 20.3. The predicted octanol–water partition coefficient (Wildman–Crippen LogP) is 2.25. The molecule has 0 N–H and O–H groups in total. The number of morpholine rings is 1. The number of piperazine rings is 1. The maximum Gasteiger partial charge on any atom is 0.225 e. The molecule has 9 heteroatoms. The van der Waals surface area contributed by atoms with Gasteiger partial charge in [0.2, 0.25) is 5.91 Å². The number of amides is 1. The van der Waals surface area contributed by atoms with E-state index in [0.29, 0.717) is 18.9 Å². The molecule has 0 saturated carbocycles. The highest BCUT2D eigenvalue weighted by Gasteiger charge is 2.41. The second-order valence-electron chi connectivity index (χ2n) is 9.46. The van der Waals surface area contributed by atoms with Crippen LogP contribution in [0, 0.1) is 5.82 Å². The molecule has 1 aromatic carbocycles. The van der Waals surface area contributed by atoms with Crippen LogP contribution in [0.4, 0.5) is 4.39 Å². The van der Waals surface area contributed by atoms with Gasteiger partial charge in [0.25, 0.3) is 0 Å². The monoisotopic (exact) mass is 473 g/mol. The van der Waals surface area contributed by atoms with Gasteiger partial charge in [0.15, 0.2) is 0 Å². The summed E-state index contributed by atoms with van der Waals surface area (Å²) in [5, 5.41) is 4.45. The lowest BCUT2D eigenvalue weighted by molar-refractivity contribution is -0.157. The number of aromatic nitrogens is 2. The number of hydrogen-bond donors (Lipinski definition) is 0. The van der Waals surface area contributed by atoms with Crippen LogP contribution in [0.1, 0.15) is 25.3 Å². The molecule has 1 amide bonds. The number of hydrogen-bond acceptors (Lipinski definition) is 6. The van der Waals surface area contributed by atoms with Gasteiger partial charge in [-0.3, -0.25) is 14.4 Å². The van der Waals surface area contributed by atoms with Crippen LogP contribution in [-0.4, -0.2) is 95.5 Å². The summed E-state index contributed by atoms with van der Waals surface area (Å²) in [4.78, 5) is 19.7. The Balaban J connectivity index is 1.45. The van der Waals surface area contributed by atoms with Crippen molar-refractivity contribution in [3.63, 3.8) is 0 Å². The Bertz CT molecular complexity index is 929. The van der Waals surface area contributed by atoms with Crippen LogP contribution in [0.15, 0.2) is 36.7 Å². The Hall–Kier alpha value is -2.49. The average Bonchev–Trinajstić information content (AvgIpc) is 3.26. The van der Waals surface area contributed by atoms with E-state index >= 15 is 0 Å². The van der Waals surface area contributed by atoms with E-state index < -0.39 is 5.60 Å². The Morgan fingerprint density at radius 1 is 1.18 bits per heavy atom. The first-order valence-electron chi connectivity index (χ1n) is 12.2. The standard InChI is InChI=1S/C25H36FN5O3/c1-3-8-31-18-21(16-27-31)17-29-13-14-34-25(19-29,20-33-23-6-4-22(26)5-7-23)15-24(32)30-11-9-28(2)10-12-30/h4-7,16,18H,3,8-15,17,19-20H2,1-2H3. The van der Waals surface area contributed by atoms with Crippen molar-refractivity contribution < 1.29 is 18.7 Å². The van der Waals surface area contributed by atoms with Gasteiger partial charge in [-0.25, -0.2) is 4.39 Å². The average molecular weight is 474 g/mol. The van der Waals surface area contributed by atoms with E-state index in [2.05, 4.69) is 35.1 Å². The number of likely N-dealkylation sites (N-methyl/N-ethyl adjacent to an activating group) is 1. The first-order valence-corrected chi connectivity index (χ1v) is 12.2. The van der Waals surface area contributed by atoms with Crippen molar-refractivity contribution in [3.8, 4) is 5.75 Å². The maximum absolute atomic E-state index is 13.3. The van der Waals surface area contributed by atoms with Crippen molar-refractivity contribution >= 4 is 5.91 Å². The van der Waals surface area contributed by atoms with E-state index in [4.69, 9.17) is 9.47 Å². The summed E-state index contributed by atoms with van der Waals surface area (Å²) in [6.07, 6.45) is 5.29. The molecular formula is C25H36FN5O3. The van der Waals surface area contributed by atoms with Gasteiger partial charge >= 0.3 is 0 Å².